The van der Waals surface area contributed by atoms with Gasteiger partial charge in [-0.25, -0.2) is 0 Å². The van der Waals surface area contributed by atoms with Gasteiger partial charge in [-0.05, 0) is 114 Å². The van der Waals surface area contributed by atoms with Crippen molar-refractivity contribution in [3.05, 3.63) is 89.0 Å². The number of ether oxygens (including phenoxy) is 1. The van der Waals surface area contributed by atoms with Gasteiger partial charge in [-0.3, -0.25) is 4.79 Å². The first-order valence-corrected chi connectivity index (χ1v) is 14.4. The van der Waals surface area contributed by atoms with Gasteiger partial charge in [-0.15, -0.1) is 0 Å². The van der Waals surface area contributed by atoms with Crippen molar-refractivity contribution in [2.24, 2.45) is 11.3 Å². The van der Waals surface area contributed by atoms with Crippen LogP contribution in [0.3, 0.4) is 0 Å². The normalized spacial score (nSPS) is 19.6. The van der Waals surface area contributed by atoms with Crippen molar-refractivity contribution < 1.29 is 19.7 Å². The highest BCUT2D eigenvalue weighted by Gasteiger charge is 2.37. The van der Waals surface area contributed by atoms with Crippen molar-refractivity contribution in [3.8, 4) is 16.9 Å². The average Bonchev–Trinajstić information content (AvgIpc) is 3.67. The van der Waals surface area contributed by atoms with Crippen LogP contribution in [-0.2, 0) is 17.0 Å². The Bertz CT molecular complexity index is 1330. The molecule has 5 rings (SSSR count). The van der Waals surface area contributed by atoms with E-state index in [0.717, 1.165) is 40.8 Å². The van der Waals surface area contributed by atoms with Crippen LogP contribution in [0.5, 0.6) is 5.75 Å². The summed E-state index contributed by atoms with van der Waals surface area (Å²) in [5.41, 5.74) is 6.15. The van der Waals surface area contributed by atoms with Crippen molar-refractivity contribution in [2.45, 2.75) is 90.3 Å². The zero-order chi connectivity index (χ0) is 27.8. The molecule has 4 nitrogen and oxygen atoms in total. The summed E-state index contributed by atoms with van der Waals surface area (Å²) in [6.07, 6.45) is 6.00. The van der Waals surface area contributed by atoms with Crippen molar-refractivity contribution in [1.82, 2.24) is 0 Å². The molecule has 2 aliphatic carbocycles. The van der Waals surface area contributed by atoms with E-state index in [-0.39, 0.29) is 17.8 Å². The molecule has 2 atom stereocenters. The van der Waals surface area contributed by atoms with E-state index in [1.807, 2.05) is 50.2 Å². The molecule has 0 aliphatic heterocycles. The quantitative estimate of drug-likeness (QED) is 0.278. The Morgan fingerprint density at radius 1 is 1.03 bits per heavy atom. The van der Waals surface area contributed by atoms with Gasteiger partial charge in [0.1, 0.15) is 12.4 Å². The lowest BCUT2D eigenvalue weighted by atomic mass is 9.75. The predicted molar refractivity (Wildman–Crippen MR) is 156 cm³/mol. The molecular formula is C35H42O4. The molecule has 0 radical (unpaired) electrons. The number of benzene rings is 3. The minimum atomic E-state index is -0.895. The van der Waals surface area contributed by atoms with Crippen LogP contribution in [0.2, 0.25) is 0 Å². The van der Waals surface area contributed by atoms with E-state index in [9.17, 15) is 15.0 Å². The topological polar surface area (TPSA) is 66.8 Å². The maximum Gasteiger partial charge on any atom is 0.303 e. The summed E-state index contributed by atoms with van der Waals surface area (Å²) in [6.45, 7) is 8.88. The predicted octanol–water partition coefficient (Wildman–Crippen LogP) is 8.42. The van der Waals surface area contributed by atoms with E-state index in [4.69, 9.17) is 4.74 Å². The second-order valence-corrected chi connectivity index (χ2v) is 12.9. The third-order valence-corrected chi connectivity index (χ3v) is 8.91. The molecular weight excluding hydrogens is 484 g/mol. The van der Waals surface area contributed by atoms with Crippen LogP contribution >= 0.6 is 0 Å². The molecule has 2 fully saturated rings. The molecule has 0 spiro atoms. The summed E-state index contributed by atoms with van der Waals surface area (Å²) >= 11 is 0. The summed E-state index contributed by atoms with van der Waals surface area (Å²) in [5, 5.41) is 20.0. The fourth-order valence-electron chi connectivity index (χ4n) is 6.47. The Labute approximate surface area is 233 Å². The molecule has 0 saturated heterocycles. The highest BCUT2D eigenvalue weighted by Crippen LogP contribution is 2.51. The van der Waals surface area contributed by atoms with Gasteiger partial charge in [-0.1, -0.05) is 68.8 Å². The molecule has 0 bridgehead atoms. The maximum absolute atomic E-state index is 11.5. The molecule has 0 amide bonds. The molecule has 0 aromatic heterocycles. The van der Waals surface area contributed by atoms with Crippen molar-refractivity contribution in [1.29, 1.82) is 0 Å². The molecule has 2 aliphatic rings. The summed E-state index contributed by atoms with van der Waals surface area (Å²) in [4.78, 5) is 11.5. The second kappa shape index (κ2) is 10.8. The first-order valence-electron chi connectivity index (χ1n) is 14.4. The SMILES string of the molecule is CC(C)(O)c1cccc(-c2ccc(COc3cccc([C@@H](CC(=O)O)C4CC4)c3)cc2[C@@H]2CCCC2(C)C)c1. The second-order valence-electron chi connectivity index (χ2n) is 12.9. The fraction of sp³-hybridized carbons (Fsp3) is 0.457. The highest BCUT2D eigenvalue weighted by atomic mass is 16.5. The molecule has 2 N–H and O–H groups in total. The molecule has 0 heterocycles. The van der Waals surface area contributed by atoms with Crippen LogP contribution in [-0.4, -0.2) is 16.2 Å². The largest absolute Gasteiger partial charge is 0.489 e. The number of hydrogen-bond acceptors (Lipinski definition) is 3. The molecule has 3 aromatic carbocycles. The van der Waals surface area contributed by atoms with Crippen LogP contribution in [0.4, 0.5) is 0 Å². The van der Waals surface area contributed by atoms with Gasteiger partial charge in [-0.2, -0.15) is 0 Å². The van der Waals surface area contributed by atoms with Crippen molar-refractivity contribution in [3.63, 3.8) is 0 Å². The van der Waals surface area contributed by atoms with Gasteiger partial charge in [0.15, 0.2) is 0 Å². The smallest absolute Gasteiger partial charge is 0.303 e. The van der Waals surface area contributed by atoms with E-state index in [1.165, 1.54) is 30.4 Å². The lowest BCUT2D eigenvalue weighted by Gasteiger charge is -2.30. The molecule has 3 aromatic rings. The first kappa shape index (κ1) is 27.5. The minimum Gasteiger partial charge on any atom is -0.489 e. The summed E-state index contributed by atoms with van der Waals surface area (Å²) < 4.78 is 6.29. The standard InChI is InChI=1S/C35H42O4/c1-34(2)17-7-12-32(34)31-18-23(13-16-29(31)25-8-5-10-27(19-25)35(3,4)38)22-39-28-11-6-9-26(20-28)30(21-33(36)37)24-14-15-24/h5-6,8-11,13,16,18-20,24,30,32,38H,7,12,14-15,17,21-22H2,1-4H3,(H,36,37)/t30-,32-/m0/s1. The number of hydrogen-bond donors (Lipinski definition) is 2. The molecule has 206 valence electrons. The maximum atomic E-state index is 11.5. The Balaban J connectivity index is 1.42. The zero-order valence-corrected chi connectivity index (χ0v) is 23.7. The Hall–Kier alpha value is -3.11. The molecule has 0 unspecified atom stereocenters. The van der Waals surface area contributed by atoms with E-state index in [1.54, 1.807) is 0 Å². The third kappa shape index (κ3) is 6.38. The Kier molecular flexibility index (Phi) is 7.61. The van der Waals surface area contributed by atoms with E-state index >= 15 is 0 Å². The van der Waals surface area contributed by atoms with Crippen molar-refractivity contribution in [2.75, 3.05) is 0 Å². The van der Waals surface area contributed by atoms with E-state index in [2.05, 4.69) is 44.2 Å². The van der Waals surface area contributed by atoms with Crippen LogP contribution in [0.25, 0.3) is 11.1 Å². The fourth-order valence-corrected chi connectivity index (χ4v) is 6.47. The van der Waals surface area contributed by atoms with Gasteiger partial charge in [0.2, 0.25) is 0 Å². The molecule has 2 saturated carbocycles. The molecule has 39 heavy (non-hydrogen) atoms. The van der Waals surface area contributed by atoms with E-state index < -0.39 is 11.6 Å². The Morgan fingerprint density at radius 3 is 2.46 bits per heavy atom. The third-order valence-electron chi connectivity index (χ3n) is 8.91. The number of carbonyl (C=O) groups is 1. The lowest BCUT2D eigenvalue weighted by molar-refractivity contribution is -0.137. The monoisotopic (exact) mass is 526 g/mol. The van der Waals surface area contributed by atoms with Crippen LogP contribution < -0.4 is 4.74 Å². The van der Waals surface area contributed by atoms with Gasteiger partial charge < -0.3 is 14.9 Å². The lowest BCUT2D eigenvalue weighted by Crippen LogP contribution is -2.17. The zero-order valence-electron chi connectivity index (χ0n) is 23.7. The average molecular weight is 527 g/mol. The van der Waals surface area contributed by atoms with Gasteiger partial charge >= 0.3 is 5.97 Å². The summed E-state index contributed by atoms with van der Waals surface area (Å²) in [7, 11) is 0. The number of aliphatic carboxylic acids is 1. The van der Waals surface area contributed by atoms with Crippen LogP contribution in [0.15, 0.2) is 66.7 Å². The first-order chi connectivity index (χ1) is 18.5. The number of rotatable bonds is 10. The summed E-state index contributed by atoms with van der Waals surface area (Å²) in [6, 6.07) is 23.0. The highest BCUT2D eigenvalue weighted by molar-refractivity contribution is 5.70. The van der Waals surface area contributed by atoms with Gasteiger partial charge in [0, 0.05) is 0 Å². The van der Waals surface area contributed by atoms with Gasteiger partial charge in [0.05, 0.1) is 12.0 Å². The van der Waals surface area contributed by atoms with Crippen LogP contribution in [0.1, 0.15) is 100 Å². The minimum absolute atomic E-state index is 0.0567. The number of carboxylic acid groups (broad SMARTS) is 1. The summed E-state index contributed by atoms with van der Waals surface area (Å²) in [5.74, 6) is 1.02. The molecule has 4 heteroatoms. The number of carboxylic acids is 1. The van der Waals surface area contributed by atoms with Crippen molar-refractivity contribution >= 4 is 5.97 Å². The van der Waals surface area contributed by atoms with Gasteiger partial charge in [0.25, 0.3) is 0 Å². The number of aliphatic hydroxyl groups is 1. The Morgan fingerprint density at radius 2 is 1.79 bits per heavy atom. The van der Waals surface area contributed by atoms with E-state index in [0.29, 0.717) is 18.4 Å². The van der Waals surface area contributed by atoms with Crippen LogP contribution in [0, 0.1) is 11.3 Å².